The van der Waals surface area contributed by atoms with Gasteiger partial charge in [-0.1, -0.05) is 35.5 Å². The summed E-state index contributed by atoms with van der Waals surface area (Å²) >= 11 is 6.83. The molecule has 0 bridgehead atoms. The molecule has 3 rings (SSSR count). The van der Waals surface area contributed by atoms with Crippen LogP contribution in [0.15, 0.2) is 75.4 Å². The number of phenolic OH excluding ortho intramolecular Hbond substituents is 1. The second kappa shape index (κ2) is 8.76. The molecule has 0 radical (unpaired) electrons. The van der Waals surface area contributed by atoms with Gasteiger partial charge < -0.3 is 5.11 Å². The first kappa shape index (κ1) is 21.7. The maximum absolute atomic E-state index is 12.9. The van der Waals surface area contributed by atoms with Crippen molar-refractivity contribution in [1.82, 2.24) is 0 Å². The molecule has 0 spiro atoms. The third-order valence-corrected chi connectivity index (χ3v) is 5.27. The summed E-state index contributed by atoms with van der Waals surface area (Å²) in [5.74, 6) is -0.0355. The number of nitrogens with zero attached hydrogens (tertiary/aromatic N) is 2. The number of benzene rings is 3. The fourth-order valence-electron chi connectivity index (χ4n) is 2.46. The van der Waals surface area contributed by atoms with Crippen LogP contribution in [0.25, 0.3) is 0 Å². The molecule has 0 saturated carbocycles. The summed E-state index contributed by atoms with van der Waals surface area (Å²) < 4.78 is 38.7. The summed E-state index contributed by atoms with van der Waals surface area (Å²) in [5, 5.41) is 21.6. The smallest absolute Gasteiger partial charge is 0.416 e. The first-order valence-electron chi connectivity index (χ1n) is 8.30. The summed E-state index contributed by atoms with van der Waals surface area (Å²) in [6.45, 7) is 0. The number of nitro benzene ring substituents is 1. The van der Waals surface area contributed by atoms with Crippen LogP contribution in [0.4, 0.5) is 24.5 Å². The molecule has 3 aromatic rings. The standard InChI is InChI=1S/C20H12ClF3N2O3S/c21-14-6-7-17(27)12(9-14)11-25-15-3-1-2-4-18(15)30-19-8-5-13(20(22,23)24)10-16(19)26(28)29/h1-11,27H. The quantitative estimate of drug-likeness (QED) is 0.260. The summed E-state index contributed by atoms with van der Waals surface area (Å²) in [7, 11) is 0. The number of aromatic hydroxyl groups is 1. The minimum Gasteiger partial charge on any atom is -0.507 e. The van der Waals surface area contributed by atoms with Gasteiger partial charge in [-0.3, -0.25) is 15.1 Å². The molecule has 0 fully saturated rings. The zero-order valence-electron chi connectivity index (χ0n) is 14.9. The van der Waals surface area contributed by atoms with Gasteiger partial charge in [0.2, 0.25) is 0 Å². The highest BCUT2D eigenvalue weighted by Crippen LogP contribution is 2.42. The first-order chi connectivity index (χ1) is 14.1. The number of phenols is 1. The Balaban J connectivity index is 1.96. The number of hydrogen-bond donors (Lipinski definition) is 1. The van der Waals surface area contributed by atoms with Crippen LogP contribution >= 0.6 is 23.4 Å². The zero-order valence-corrected chi connectivity index (χ0v) is 16.5. The van der Waals surface area contributed by atoms with E-state index in [1.54, 1.807) is 24.3 Å². The monoisotopic (exact) mass is 452 g/mol. The third kappa shape index (κ3) is 5.11. The highest BCUT2D eigenvalue weighted by atomic mass is 35.5. The second-order valence-corrected chi connectivity index (χ2v) is 7.49. The topological polar surface area (TPSA) is 75.7 Å². The summed E-state index contributed by atoms with van der Waals surface area (Å²) in [6.07, 6.45) is -3.31. The van der Waals surface area contributed by atoms with Gasteiger partial charge in [0.15, 0.2) is 0 Å². The third-order valence-electron chi connectivity index (χ3n) is 3.90. The summed E-state index contributed by atoms with van der Waals surface area (Å²) in [5.41, 5.74) is -0.971. The Hall–Kier alpha value is -3.04. The predicted molar refractivity (Wildman–Crippen MR) is 109 cm³/mol. The van der Waals surface area contributed by atoms with Gasteiger partial charge in [0.1, 0.15) is 5.75 Å². The first-order valence-corrected chi connectivity index (χ1v) is 9.49. The molecule has 0 atom stereocenters. The Kier molecular flexibility index (Phi) is 6.33. The molecule has 0 aromatic heterocycles. The van der Waals surface area contributed by atoms with E-state index in [0.29, 0.717) is 27.2 Å². The number of para-hydroxylation sites is 1. The molecule has 0 amide bonds. The summed E-state index contributed by atoms with van der Waals surface area (Å²) in [4.78, 5) is 15.3. The maximum Gasteiger partial charge on any atom is 0.416 e. The highest BCUT2D eigenvalue weighted by Gasteiger charge is 2.33. The molecule has 30 heavy (non-hydrogen) atoms. The molecule has 0 aliphatic heterocycles. The molecule has 3 aromatic carbocycles. The molecular weight excluding hydrogens is 441 g/mol. The average Bonchev–Trinajstić information content (AvgIpc) is 2.69. The van der Waals surface area contributed by atoms with Crippen LogP contribution in [0.3, 0.4) is 0 Å². The minimum absolute atomic E-state index is 0.0355. The lowest BCUT2D eigenvalue weighted by Gasteiger charge is -2.10. The van der Waals surface area contributed by atoms with Gasteiger partial charge >= 0.3 is 6.18 Å². The molecule has 154 valence electrons. The van der Waals surface area contributed by atoms with Crippen LogP contribution in [0.2, 0.25) is 5.02 Å². The number of alkyl halides is 3. The van der Waals surface area contributed by atoms with E-state index in [4.69, 9.17) is 11.6 Å². The zero-order chi connectivity index (χ0) is 21.9. The average molecular weight is 453 g/mol. The lowest BCUT2D eigenvalue weighted by Crippen LogP contribution is -2.05. The van der Waals surface area contributed by atoms with E-state index in [0.717, 1.165) is 23.9 Å². The van der Waals surface area contributed by atoms with Crippen LogP contribution in [-0.4, -0.2) is 16.2 Å². The molecular formula is C20H12ClF3N2O3S. The Labute approximate surface area is 178 Å². The normalized spacial score (nSPS) is 11.7. The lowest BCUT2D eigenvalue weighted by molar-refractivity contribution is -0.388. The Morgan fingerprint density at radius 1 is 1.07 bits per heavy atom. The fourth-order valence-corrected chi connectivity index (χ4v) is 3.62. The van der Waals surface area contributed by atoms with Crippen LogP contribution in [0.5, 0.6) is 5.75 Å². The van der Waals surface area contributed by atoms with E-state index in [1.165, 1.54) is 24.4 Å². The molecule has 10 heteroatoms. The van der Waals surface area contributed by atoms with E-state index in [1.807, 2.05) is 0 Å². The lowest BCUT2D eigenvalue weighted by atomic mass is 10.2. The van der Waals surface area contributed by atoms with E-state index < -0.39 is 22.4 Å². The van der Waals surface area contributed by atoms with Crippen LogP contribution in [0, 0.1) is 10.1 Å². The Bertz CT molecular complexity index is 1140. The van der Waals surface area contributed by atoms with Crippen molar-refractivity contribution < 1.29 is 23.2 Å². The minimum atomic E-state index is -4.69. The number of rotatable bonds is 5. The van der Waals surface area contributed by atoms with Crippen molar-refractivity contribution in [2.45, 2.75) is 16.0 Å². The SMILES string of the molecule is O=[N+]([O-])c1cc(C(F)(F)F)ccc1Sc1ccccc1N=Cc1cc(Cl)ccc1O. The number of halogens is 4. The van der Waals surface area contributed by atoms with Crippen LogP contribution in [-0.2, 0) is 6.18 Å². The second-order valence-electron chi connectivity index (χ2n) is 5.97. The molecule has 0 aliphatic carbocycles. The molecule has 0 aliphatic rings. The molecule has 0 heterocycles. The van der Waals surface area contributed by atoms with E-state index in [9.17, 15) is 28.4 Å². The van der Waals surface area contributed by atoms with Crippen molar-refractivity contribution in [3.8, 4) is 5.75 Å². The van der Waals surface area contributed by atoms with Gasteiger partial charge in [-0.2, -0.15) is 13.2 Å². The van der Waals surface area contributed by atoms with Crippen molar-refractivity contribution in [2.24, 2.45) is 4.99 Å². The van der Waals surface area contributed by atoms with Crippen molar-refractivity contribution in [3.05, 3.63) is 86.9 Å². The molecule has 5 nitrogen and oxygen atoms in total. The van der Waals surface area contributed by atoms with E-state index >= 15 is 0 Å². The van der Waals surface area contributed by atoms with Crippen molar-refractivity contribution in [2.75, 3.05) is 0 Å². The van der Waals surface area contributed by atoms with Gasteiger partial charge in [0.25, 0.3) is 5.69 Å². The summed E-state index contributed by atoms with van der Waals surface area (Å²) in [6, 6.07) is 13.4. The van der Waals surface area contributed by atoms with E-state index in [-0.39, 0.29) is 10.6 Å². The highest BCUT2D eigenvalue weighted by molar-refractivity contribution is 7.99. The molecule has 1 N–H and O–H groups in total. The Morgan fingerprint density at radius 2 is 1.80 bits per heavy atom. The largest absolute Gasteiger partial charge is 0.507 e. The van der Waals surface area contributed by atoms with Crippen molar-refractivity contribution in [1.29, 1.82) is 0 Å². The fraction of sp³-hybridized carbons (Fsp3) is 0.0500. The van der Waals surface area contributed by atoms with Crippen molar-refractivity contribution >= 4 is 41.0 Å². The van der Waals surface area contributed by atoms with Crippen LogP contribution < -0.4 is 0 Å². The predicted octanol–water partition coefficient (Wildman–Crippen LogP) is 6.87. The Morgan fingerprint density at radius 3 is 2.50 bits per heavy atom. The number of nitro groups is 1. The maximum atomic E-state index is 12.9. The van der Waals surface area contributed by atoms with Gasteiger partial charge in [0.05, 0.1) is 21.1 Å². The van der Waals surface area contributed by atoms with Gasteiger partial charge in [-0.05, 0) is 42.5 Å². The molecule has 0 unspecified atom stereocenters. The number of hydrogen-bond acceptors (Lipinski definition) is 5. The van der Waals surface area contributed by atoms with Gasteiger partial charge in [-0.15, -0.1) is 0 Å². The van der Waals surface area contributed by atoms with Gasteiger partial charge in [-0.25, -0.2) is 0 Å². The van der Waals surface area contributed by atoms with E-state index in [2.05, 4.69) is 4.99 Å². The van der Waals surface area contributed by atoms with Gasteiger partial charge in [0, 0.05) is 27.8 Å². The van der Waals surface area contributed by atoms with Crippen LogP contribution in [0.1, 0.15) is 11.1 Å². The molecule has 0 saturated heterocycles. The number of aliphatic imine (C=N–C) groups is 1. The van der Waals surface area contributed by atoms with Crippen molar-refractivity contribution in [3.63, 3.8) is 0 Å².